The van der Waals surface area contributed by atoms with E-state index < -0.39 is 29.2 Å². The first-order valence-corrected chi connectivity index (χ1v) is 8.71. The van der Waals surface area contributed by atoms with Crippen LogP contribution in [0.5, 0.6) is 0 Å². The first kappa shape index (κ1) is 21.4. The zero-order valence-electron chi connectivity index (χ0n) is 15.8. The highest BCUT2D eigenvalue weighted by molar-refractivity contribution is 5.93. The van der Waals surface area contributed by atoms with E-state index in [9.17, 15) is 25.0 Å². The number of nitriles is 1. The van der Waals surface area contributed by atoms with Gasteiger partial charge in [0.15, 0.2) is 0 Å². The third kappa shape index (κ3) is 4.70. The molecule has 0 aliphatic carbocycles. The molecule has 10 nitrogen and oxygen atoms in total. The molecule has 1 heterocycles. The molecule has 10 heteroatoms. The first-order valence-electron chi connectivity index (χ1n) is 8.71. The second-order valence-electron chi connectivity index (χ2n) is 5.81. The van der Waals surface area contributed by atoms with E-state index in [0.29, 0.717) is 5.56 Å². The number of benzene rings is 1. The van der Waals surface area contributed by atoms with Gasteiger partial charge in [-0.3, -0.25) is 14.9 Å². The number of allylic oxidation sites excluding steroid dienone is 1. The number of non-ortho nitro benzene ring substituents is 1. The van der Waals surface area contributed by atoms with Gasteiger partial charge >= 0.3 is 11.9 Å². The van der Waals surface area contributed by atoms with E-state index >= 15 is 0 Å². The lowest BCUT2D eigenvalue weighted by Crippen LogP contribution is -2.27. The van der Waals surface area contributed by atoms with Crippen molar-refractivity contribution in [1.29, 1.82) is 5.26 Å². The van der Waals surface area contributed by atoms with Crippen LogP contribution in [0, 0.1) is 21.4 Å². The zero-order valence-corrected chi connectivity index (χ0v) is 15.8. The van der Waals surface area contributed by atoms with Gasteiger partial charge in [-0.05, 0) is 19.4 Å². The van der Waals surface area contributed by atoms with Crippen LogP contribution < -0.4 is 5.73 Å². The number of carbonyl (C=O) groups is 2. The van der Waals surface area contributed by atoms with Crippen LogP contribution in [0.3, 0.4) is 0 Å². The highest BCUT2D eigenvalue weighted by Gasteiger charge is 2.38. The van der Waals surface area contributed by atoms with Gasteiger partial charge in [-0.15, -0.1) is 0 Å². The number of nitro benzene ring substituents is 1. The largest absolute Gasteiger partial charge is 0.466 e. The molecule has 0 unspecified atom stereocenters. The molecule has 1 atom stereocenters. The summed E-state index contributed by atoms with van der Waals surface area (Å²) in [6.07, 6.45) is -0.398. The van der Waals surface area contributed by atoms with Crippen LogP contribution in [-0.2, 0) is 23.8 Å². The molecule has 0 aromatic heterocycles. The lowest BCUT2D eigenvalue weighted by atomic mass is 9.82. The van der Waals surface area contributed by atoms with Crippen LogP contribution in [-0.4, -0.2) is 30.1 Å². The van der Waals surface area contributed by atoms with Crippen LogP contribution in [0.25, 0.3) is 0 Å². The Bertz CT molecular complexity index is 926. The lowest BCUT2D eigenvalue weighted by molar-refractivity contribution is -0.384. The number of ether oxygens (including phenoxy) is 3. The smallest absolute Gasteiger partial charge is 0.338 e. The summed E-state index contributed by atoms with van der Waals surface area (Å²) in [6.45, 7) is 3.40. The predicted molar refractivity (Wildman–Crippen MR) is 98.7 cm³/mol. The SMILES string of the molecule is CCOC(=O)CC1=C(C(=O)OCC)[C@H](c2ccc([N+](=O)[O-])cc2)C(C#N)=C(N)O1. The molecular formula is C19H19N3O7. The highest BCUT2D eigenvalue weighted by Crippen LogP contribution is 2.41. The molecule has 0 bridgehead atoms. The van der Waals surface area contributed by atoms with Gasteiger partial charge in [0.25, 0.3) is 5.69 Å². The molecule has 2 N–H and O–H groups in total. The Hall–Kier alpha value is -3.87. The summed E-state index contributed by atoms with van der Waals surface area (Å²) in [6, 6.07) is 7.19. The van der Waals surface area contributed by atoms with Gasteiger partial charge in [0, 0.05) is 12.1 Å². The van der Waals surface area contributed by atoms with Crippen LogP contribution in [0.2, 0.25) is 0 Å². The fourth-order valence-corrected chi connectivity index (χ4v) is 2.85. The number of rotatable bonds is 7. The predicted octanol–water partition coefficient (Wildman–Crippen LogP) is 2.17. The molecule has 0 fully saturated rings. The van der Waals surface area contributed by atoms with Crippen molar-refractivity contribution in [3.05, 3.63) is 62.7 Å². The van der Waals surface area contributed by atoms with E-state index in [0.717, 1.165) is 0 Å². The normalized spacial score (nSPS) is 16.0. The van der Waals surface area contributed by atoms with Gasteiger partial charge in [0.1, 0.15) is 23.8 Å². The van der Waals surface area contributed by atoms with Crippen molar-refractivity contribution in [2.24, 2.45) is 5.73 Å². The van der Waals surface area contributed by atoms with Crippen LogP contribution in [0.1, 0.15) is 31.7 Å². The van der Waals surface area contributed by atoms with E-state index in [-0.39, 0.29) is 41.7 Å². The number of nitrogens with two attached hydrogens (primary N) is 1. The number of hydrogen-bond acceptors (Lipinski definition) is 9. The van der Waals surface area contributed by atoms with E-state index in [1.165, 1.54) is 24.3 Å². The maximum Gasteiger partial charge on any atom is 0.338 e. The monoisotopic (exact) mass is 401 g/mol. The van der Waals surface area contributed by atoms with Crippen LogP contribution in [0.15, 0.2) is 47.1 Å². The summed E-state index contributed by atoms with van der Waals surface area (Å²) >= 11 is 0. The average Bonchev–Trinajstić information content (AvgIpc) is 2.67. The minimum absolute atomic E-state index is 0.0447. The molecule has 29 heavy (non-hydrogen) atoms. The minimum Gasteiger partial charge on any atom is -0.466 e. The summed E-state index contributed by atoms with van der Waals surface area (Å²) in [5, 5.41) is 20.5. The van der Waals surface area contributed by atoms with Crippen molar-refractivity contribution in [1.82, 2.24) is 0 Å². The van der Waals surface area contributed by atoms with E-state index in [2.05, 4.69) is 0 Å². The van der Waals surface area contributed by atoms with Crippen molar-refractivity contribution < 1.29 is 28.7 Å². The molecule has 0 saturated carbocycles. The molecule has 1 aromatic carbocycles. The molecule has 1 aliphatic heterocycles. The topological polar surface area (TPSA) is 155 Å². The lowest BCUT2D eigenvalue weighted by Gasteiger charge is -2.27. The highest BCUT2D eigenvalue weighted by atomic mass is 16.6. The van der Waals surface area contributed by atoms with Crippen molar-refractivity contribution in [2.75, 3.05) is 13.2 Å². The molecule has 0 radical (unpaired) electrons. The Morgan fingerprint density at radius 1 is 1.24 bits per heavy atom. The summed E-state index contributed by atoms with van der Waals surface area (Å²) in [4.78, 5) is 35.0. The number of carbonyl (C=O) groups excluding carboxylic acids is 2. The molecule has 152 valence electrons. The van der Waals surface area contributed by atoms with Crippen molar-refractivity contribution in [3.63, 3.8) is 0 Å². The Balaban J connectivity index is 2.63. The molecule has 1 aliphatic rings. The number of hydrogen-bond donors (Lipinski definition) is 1. The van der Waals surface area contributed by atoms with Crippen LogP contribution >= 0.6 is 0 Å². The average molecular weight is 401 g/mol. The van der Waals surface area contributed by atoms with Crippen molar-refractivity contribution in [3.8, 4) is 6.07 Å². The third-order valence-electron chi connectivity index (χ3n) is 4.04. The quantitative estimate of drug-likeness (QED) is 0.411. The summed E-state index contributed by atoms with van der Waals surface area (Å²) in [7, 11) is 0. The van der Waals surface area contributed by atoms with E-state index in [4.69, 9.17) is 19.9 Å². The van der Waals surface area contributed by atoms with Crippen molar-refractivity contribution >= 4 is 17.6 Å². The van der Waals surface area contributed by atoms with Gasteiger partial charge < -0.3 is 19.9 Å². The van der Waals surface area contributed by atoms with E-state index in [1.54, 1.807) is 13.8 Å². The Morgan fingerprint density at radius 3 is 2.38 bits per heavy atom. The summed E-state index contributed by atoms with van der Waals surface area (Å²) in [5.41, 5.74) is 5.92. The van der Waals surface area contributed by atoms with Gasteiger partial charge in [0.2, 0.25) is 5.88 Å². The second kappa shape index (κ2) is 9.36. The maximum absolute atomic E-state index is 12.7. The number of nitrogens with zero attached hydrogens (tertiary/aromatic N) is 2. The van der Waals surface area contributed by atoms with E-state index in [1.807, 2.05) is 6.07 Å². The first-order chi connectivity index (χ1) is 13.8. The van der Waals surface area contributed by atoms with Crippen LogP contribution in [0.4, 0.5) is 5.69 Å². The molecule has 0 spiro atoms. The second-order valence-corrected chi connectivity index (χ2v) is 5.81. The molecule has 0 saturated heterocycles. The van der Waals surface area contributed by atoms with Crippen molar-refractivity contribution in [2.45, 2.75) is 26.2 Å². The molecule has 1 aromatic rings. The fraction of sp³-hybridized carbons (Fsp3) is 0.316. The molecular weight excluding hydrogens is 382 g/mol. The number of esters is 2. The van der Waals surface area contributed by atoms with Gasteiger partial charge in [-0.25, -0.2) is 4.79 Å². The third-order valence-corrected chi connectivity index (χ3v) is 4.04. The van der Waals surface area contributed by atoms with Gasteiger partial charge in [-0.1, -0.05) is 12.1 Å². The Labute approximate surface area is 166 Å². The summed E-state index contributed by atoms with van der Waals surface area (Å²) in [5.74, 6) is -2.83. The minimum atomic E-state index is -1.02. The molecule has 2 rings (SSSR count). The standard InChI is InChI=1S/C19H19N3O7/c1-3-27-15(23)9-14-17(19(24)28-4-2)16(13(10-20)18(21)29-14)11-5-7-12(8-6-11)22(25)26/h5-8,16H,3-4,9,21H2,1-2H3/t16-/m1/s1. The summed E-state index contributed by atoms with van der Waals surface area (Å²) < 4.78 is 15.4. The molecule has 0 amide bonds. The zero-order chi connectivity index (χ0) is 21.6. The fourth-order valence-electron chi connectivity index (χ4n) is 2.85. The number of nitro groups is 1. The Kier molecular flexibility index (Phi) is 6.92. The van der Waals surface area contributed by atoms with Gasteiger partial charge in [0.05, 0.1) is 29.6 Å². The van der Waals surface area contributed by atoms with Gasteiger partial charge in [-0.2, -0.15) is 5.26 Å². The Morgan fingerprint density at radius 2 is 1.86 bits per heavy atom. The maximum atomic E-state index is 12.7.